The molecule has 4 aliphatic carbocycles. The average Bonchev–Trinajstić information content (AvgIpc) is 2.55. The monoisotopic (exact) mass is 389 g/mol. The van der Waals surface area contributed by atoms with Crippen molar-refractivity contribution in [3.8, 4) is 11.5 Å². The van der Waals surface area contributed by atoms with Crippen LogP contribution in [-0.4, -0.2) is 19.3 Å². The van der Waals surface area contributed by atoms with Gasteiger partial charge >= 0.3 is 0 Å². The lowest BCUT2D eigenvalue weighted by Crippen LogP contribution is -2.63. The van der Waals surface area contributed by atoms with Crippen molar-refractivity contribution in [1.82, 2.24) is 5.32 Å². The van der Waals surface area contributed by atoms with Crippen molar-refractivity contribution >= 4 is 11.6 Å². The second kappa shape index (κ2) is 6.70. The van der Waals surface area contributed by atoms with Gasteiger partial charge in [-0.3, -0.25) is 0 Å². The van der Waals surface area contributed by atoms with Crippen LogP contribution in [0.3, 0.4) is 0 Å². The smallest absolute Gasteiger partial charge is 0.180 e. The second-order valence-electron chi connectivity index (χ2n) is 9.97. The molecule has 1 aromatic carbocycles. The summed E-state index contributed by atoms with van der Waals surface area (Å²) in [5.41, 5.74) is 2.45. The molecule has 4 bridgehead atoms. The summed E-state index contributed by atoms with van der Waals surface area (Å²) < 4.78 is 11.2. The Kier molecular flexibility index (Phi) is 4.75. The SMILES string of the molecule is C=CCOc1c(Cl)cc(CNC23CC4CC(C)(CC(C)(C4)C2)C3)cc1OC. The van der Waals surface area contributed by atoms with Gasteiger partial charge in [0.2, 0.25) is 0 Å². The number of hydrogen-bond donors (Lipinski definition) is 1. The van der Waals surface area contributed by atoms with Crippen molar-refractivity contribution in [2.45, 2.75) is 64.5 Å². The van der Waals surface area contributed by atoms with E-state index in [1.54, 1.807) is 13.2 Å². The maximum atomic E-state index is 6.48. The zero-order chi connectivity index (χ0) is 19.3. The van der Waals surface area contributed by atoms with Crippen LogP contribution in [0, 0.1) is 16.7 Å². The van der Waals surface area contributed by atoms with Gasteiger partial charge in [-0.25, -0.2) is 0 Å². The van der Waals surface area contributed by atoms with Gasteiger partial charge in [-0.1, -0.05) is 38.1 Å². The third-order valence-electron chi connectivity index (χ3n) is 6.93. The molecule has 2 atom stereocenters. The standard InChI is InChI=1S/C23H32ClNO2/c1-5-6-27-20-18(24)7-16(8-19(20)26-4)12-25-23-11-17-9-21(2,14-23)13-22(3,10-17)15-23/h5,7-8,17,25H,1,6,9-15H2,2-4H3. The molecule has 0 aliphatic heterocycles. The summed E-state index contributed by atoms with van der Waals surface area (Å²) in [6.07, 6.45) is 9.87. The van der Waals surface area contributed by atoms with Crippen LogP contribution in [0.2, 0.25) is 5.02 Å². The highest BCUT2D eigenvalue weighted by atomic mass is 35.5. The lowest BCUT2D eigenvalue weighted by atomic mass is 9.43. The van der Waals surface area contributed by atoms with Gasteiger partial charge in [0.05, 0.1) is 12.1 Å². The van der Waals surface area contributed by atoms with Gasteiger partial charge in [-0.15, -0.1) is 0 Å². The average molecular weight is 390 g/mol. The van der Waals surface area contributed by atoms with E-state index >= 15 is 0 Å². The van der Waals surface area contributed by atoms with E-state index in [1.165, 1.54) is 38.5 Å². The molecule has 4 fully saturated rings. The van der Waals surface area contributed by atoms with E-state index in [1.807, 2.05) is 12.1 Å². The van der Waals surface area contributed by atoms with Crippen LogP contribution in [0.4, 0.5) is 0 Å². The minimum atomic E-state index is 0.278. The normalized spacial score (nSPS) is 36.7. The number of hydrogen-bond acceptors (Lipinski definition) is 3. The van der Waals surface area contributed by atoms with Crippen molar-refractivity contribution in [2.24, 2.45) is 16.7 Å². The fraction of sp³-hybridized carbons (Fsp3) is 0.652. The van der Waals surface area contributed by atoms with Gasteiger partial charge in [0.1, 0.15) is 6.61 Å². The molecular formula is C23H32ClNO2. The van der Waals surface area contributed by atoms with E-state index in [4.69, 9.17) is 21.1 Å². The van der Waals surface area contributed by atoms with Gasteiger partial charge in [0.25, 0.3) is 0 Å². The molecule has 0 amide bonds. The molecule has 0 heterocycles. The van der Waals surface area contributed by atoms with Crippen LogP contribution in [0.25, 0.3) is 0 Å². The zero-order valence-electron chi connectivity index (χ0n) is 16.9. The molecule has 4 aliphatic rings. The van der Waals surface area contributed by atoms with Crippen LogP contribution in [0.5, 0.6) is 11.5 Å². The molecule has 0 spiro atoms. The van der Waals surface area contributed by atoms with Gasteiger partial charge in [0, 0.05) is 12.1 Å². The fourth-order valence-electron chi connectivity index (χ4n) is 7.09. The Morgan fingerprint density at radius 1 is 1.19 bits per heavy atom. The van der Waals surface area contributed by atoms with Gasteiger partial charge < -0.3 is 14.8 Å². The van der Waals surface area contributed by atoms with Gasteiger partial charge in [0.15, 0.2) is 11.5 Å². The lowest BCUT2D eigenvalue weighted by molar-refractivity contribution is -0.118. The zero-order valence-corrected chi connectivity index (χ0v) is 17.6. The van der Waals surface area contributed by atoms with Crippen LogP contribution >= 0.6 is 11.6 Å². The Bertz CT molecular complexity index is 728. The van der Waals surface area contributed by atoms with Crippen LogP contribution in [0.15, 0.2) is 24.8 Å². The molecule has 148 valence electrons. The first-order valence-corrected chi connectivity index (χ1v) is 10.5. The van der Waals surface area contributed by atoms with Crippen LogP contribution in [-0.2, 0) is 6.54 Å². The summed E-state index contributed by atoms with van der Waals surface area (Å²) in [6.45, 7) is 9.94. The van der Waals surface area contributed by atoms with E-state index in [2.05, 4.69) is 25.7 Å². The Morgan fingerprint density at radius 3 is 2.48 bits per heavy atom. The summed E-state index contributed by atoms with van der Waals surface area (Å²) in [7, 11) is 1.66. The number of methoxy groups -OCH3 is 1. The largest absolute Gasteiger partial charge is 0.493 e. The third kappa shape index (κ3) is 3.61. The first-order valence-electron chi connectivity index (χ1n) is 10.1. The number of halogens is 1. The van der Waals surface area contributed by atoms with Gasteiger partial charge in [-0.2, -0.15) is 0 Å². The molecule has 0 aromatic heterocycles. The van der Waals surface area contributed by atoms with E-state index in [0.29, 0.717) is 34.0 Å². The maximum absolute atomic E-state index is 6.48. The van der Waals surface area contributed by atoms with Crippen molar-refractivity contribution in [1.29, 1.82) is 0 Å². The highest BCUT2D eigenvalue weighted by Crippen LogP contribution is 2.66. The van der Waals surface area contributed by atoms with Gasteiger partial charge in [-0.05, 0) is 73.0 Å². The summed E-state index contributed by atoms with van der Waals surface area (Å²) in [5, 5.41) is 4.56. The highest BCUT2D eigenvalue weighted by Gasteiger charge is 2.59. The third-order valence-corrected chi connectivity index (χ3v) is 7.21. The molecule has 3 nitrogen and oxygen atoms in total. The summed E-state index contributed by atoms with van der Waals surface area (Å²) in [5.74, 6) is 2.17. The van der Waals surface area contributed by atoms with E-state index in [0.717, 1.165) is 18.0 Å². The van der Waals surface area contributed by atoms with E-state index in [-0.39, 0.29) is 5.54 Å². The van der Waals surface area contributed by atoms with E-state index < -0.39 is 0 Å². The second-order valence-corrected chi connectivity index (χ2v) is 10.4. The van der Waals surface area contributed by atoms with Crippen molar-refractivity contribution in [2.75, 3.05) is 13.7 Å². The molecule has 1 aromatic rings. The molecule has 1 N–H and O–H groups in total. The molecule has 27 heavy (non-hydrogen) atoms. The molecule has 5 rings (SSSR count). The minimum absolute atomic E-state index is 0.278. The van der Waals surface area contributed by atoms with Crippen LogP contribution < -0.4 is 14.8 Å². The van der Waals surface area contributed by atoms with Crippen molar-refractivity contribution < 1.29 is 9.47 Å². The maximum Gasteiger partial charge on any atom is 0.180 e. The van der Waals surface area contributed by atoms with Crippen LogP contribution in [0.1, 0.15) is 57.9 Å². The molecule has 4 saturated carbocycles. The molecule has 0 saturated heterocycles. The first-order chi connectivity index (χ1) is 12.8. The number of rotatable bonds is 7. The van der Waals surface area contributed by atoms with Crippen molar-refractivity contribution in [3.63, 3.8) is 0 Å². The molecular weight excluding hydrogens is 358 g/mol. The predicted octanol–water partition coefficient (Wildman–Crippen LogP) is 5.75. The Balaban J connectivity index is 1.52. The quantitative estimate of drug-likeness (QED) is 0.602. The summed E-state index contributed by atoms with van der Waals surface area (Å²) in [6, 6.07) is 4.04. The summed E-state index contributed by atoms with van der Waals surface area (Å²) >= 11 is 6.48. The number of benzene rings is 1. The number of nitrogens with one attached hydrogen (secondary N) is 1. The van der Waals surface area contributed by atoms with E-state index in [9.17, 15) is 0 Å². The summed E-state index contributed by atoms with van der Waals surface area (Å²) in [4.78, 5) is 0. The number of ether oxygens (including phenoxy) is 2. The minimum Gasteiger partial charge on any atom is -0.493 e. The fourth-order valence-corrected chi connectivity index (χ4v) is 7.38. The Morgan fingerprint density at radius 2 is 1.89 bits per heavy atom. The molecule has 4 heteroatoms. The lowest BCUT2D eigenvalue weighted by Gasteiger charge is -2.65. The highest BCUT2D eigenvalue weighted by molar-refractivity contribution is 6.32. The van der Waals surface area contributed by atoms with Crippen molar-refractivity contribution in [3.05, 3.63) is 35.4 Å². The molecule has 0 radical (unpaired) electrons. The first kappa shape index (κ1) is 19.1. The Labute approximate surface area is 168 Å². The topological polar surface area (TPSA) is 30.5 Å². The Hall–Kier alpha value is -1.19. The predicted molar refractivity (Wildman–Crippen MR) is 111 cm³/mol. The molecule has 2 unspecified atom stereocenters.